The van der Waals surface area contributed by atoms with Gasteiger partial charge in [-0.2, -0.15) is 0 Å². The van der Waals surface area contributed by atoms with Gasteiger partial charge >= 0.3 is 0 Å². The third-order valence-corrected chi connectivity index (χ3v) is 3.98. The van der Waals surface area contributed by atoms with Gasteiger partial charge in [0.05, 0.1) is 12.6 Å². The second-order valence-electron chi connectivity index (χ2n) is 6.33. The summed E-state index contributed by atoms with van der Waals surface area (Å²) in [5.74, 6) is 0.962. The molecule has 1 fully saturated rings. The minimum absolute atomic E-state index is 0.292. The van der Waals surface area contributed by atoms with Crippen LogP contribution in [0.5, 0.6) is 0 Å². The van der Waals surface area contributed by atoms with Gasteiger partial charge in [-0.05, 0) is 28.7 Å². The fourth-order valence-electron chi connectivity index (χ4n) is 2.80. The van der Waals surface area contributed by atoms with Gasteiger partial charge in [0, 0.05) is 6.04 Å². The molecule has 1 unspecified atom stereocenters. The van der Waals surface area contributed by atoms with Gasteiger partial charge in [0.25, 0.3) is 0 Å². The third kappa shape index (κ3) is 2.88. The van der Waals surface area contributed by atoms with E-state index in [2.05, 4.69) is 53.2 Å². The van der Waals surface area contributed by atoms with E-state index in [-0.39, 0.29) is 0 Å². The van der Waals surface area contributed by atoms with Crippen LogP contribution in [0.15, 0.2) is 0 Å². The van der Waals surface area contributed by atoms with E-state index in [1.54, 1.807) is 0 Å². The van der Waals surface area contributed by atoms with E-state index in [1.165, 1.54) is 25.7 Å². The van der Waals surface area contributed by atoms with E-state index in [0.717, 1.165) is 12.4 Å². The molecule has 0 aromatic carbocycles. The van der Waals surface area contributed by atoms with Gasteiger partial charge in [-0.1, -0.05) is 40.5 Å². The molecule has 1 N–H and O–H groups in total. The Morgan fingerprint density at radius 3 is 2.83 bits per heavy atom. The number of nitrogens with one attached hydrogen (secondary N) is 1. The Labute approximate surface area is 109 Å². The Morgan fingerprint density at radius 1 is 1.39 bits per heavy atom. The highest BCUT2D eigenvalue weighted by Crippen LogP contribution is 2.43. The van der Waals surface area contributed by atoms with Crippen molar-refractivity contribution in [1.29, 1.82) is 0 Å². The number of rotatable bonds is 4. The lowest BCUT2D eigenvalue weighted by molar-refractivity contribution is 0.127. The molecule has 0 bridgehead atoms. The fraction of sp³-hybridized carbons (Fsp3) is 0.923. The second kappa shape index (κ2) is 5.34. The summed E-state index contributed by atoms with van der Waals surface area (Å²) in [6.45, 7) is 9.69. The summed E-state index contributed by atoms with van der Waals surface area (Å²) in [7, 11) is 0. The van der Waals surface area contributed by atoms with Gasteiger partial charge in [0.1, 0.15) is 0 Å². The van der Waals surface area contributed by atoms with Crippen LogP contribution in [0.4, 0.5) is 0 Å². The topological polar surface area (TPSA) is 55.6 Å². The van der Waals surface area contributed by atoms with Crippen molar-refractivity contribution in [3.8, 4) is 0 Å². The van der Waals surface area contributed by atoms with E-state index in [0.29, 0.717) is 17.5 Å². The Bertz CT molecular complexity index is 382. The maximum atomic E-state index is 4.23. The molecule has 1 aromatic heterocycles. The van der Waals surface area contributed by atoms with Crippen LogP contribution < -0.4 is 5.32 Å². The van der Waals surface area contributed by atoms with Crippen molar-refractivity contribution in [2.45, 2.75) is 72.0 Å². The average molecular weight is 251 g/mol. The molecule has 5 heteroatoms. The minimum Gasteiger partial charge on any atom is -0.308 e. The van der Waals surface area contributed by atoms with Crippen LogP contribution >= 0.6 is 0 Å². The molecule has 0 radical (unpaired) electrons. The molecular formula is C13H25N5. The molecule has 1 atom stereocenters. The monoisotopic (exact) mass is 251 g/mol. The summed E-state index contributed by atoms with van der Waals surface area (Å²) >= 11 is 0. The van der Waals surface area contributed by atoms with Crippen molar-refractivity contribution in [3.05, 3.63) is 5.82 Å². The summed E-state index contributed by atoms with van der Waals surface area (Å²) in [6, 6.07) is 0.889. The average Bonchev–Trinajstić information content (AvgIpc) is 2.73. The zero-order valence-electron chi connectivity index (χ0n) is 12.0. The van der Waals surface area contributed by atoms with Crippen LogP contribution in [0.25, 0.3) is 0 Å². The van der Waals surface area contributed by atoms with Crippen LogP contribution in [0.2, 0.25) is 0 Å². The van der Waals surface area contributed by atoms with Gasteiger partial charge in [-0.3, -0.25) is 0 Å². The summed E-state index contributed by atoms with van der Waals surface area (Å²) < 4.78 is 2.05. The van der Waals surface area contributed by atoms with Gasteiger partial charge in [0.2, 0.25) is 0 Å². The van der Waals surface area contributed by atoms with Crippen molar-refractivity contribution >= 4 is 0 Å². The van der Waals surface area contributed by atoms with Crippen LogP contribution in [0.1, 0.15) is 65.2 Å². The lowest BCUT2D eigenvalue weighted by Crippen LogP contribution is -2.33. The normalized spacial score (nSPS) is 23.5. The molecule has 1 saturated carbocycles. The third-order valence-electron chi connectivity index (χ3n) is 3.98. The summed E-state index contributed by atoms with van der Waals surface area (Å²) in [4.78, 5) is 0. The lowest BCUT2D eigenvalue weighted by Gasteiger charge is -2.38. The van der Waals surface area contributed by atoms with Crippen LogP contribution in [-0.2, 0) is 6.54 Å². The summed E-state index contributed by atoms with van der Waals surface area (Å²) in [6.07, 6.45) is 5.05. The molecule has 102 valence electrons. The first-order valence-electron chi connectivity index (χ1n) is 7.01. The minimum atomic E-state index is 0.292. The summed E-state index contributed by atoms with van der Waals surface area (Å²) in [5, 5.41) is 15.7. The van der Waals surface area contributed by atoms with Crippen LogP contribution in [0.3, 0.4) is 0 Å². The van der Waals surface area contributed by atoms with Crippen molar-refractivity contribution in [2.24, 2.45) is 5.41 Å². The van der Waals surface area contributed by atoms with Gasteiger partial charge in [-0.25, -0.2) is 4.68 Å². The van der Waals surface area contributed by atoms with E-state index in [9.17, 15) is 0 Å². The van der Waals surface area contributed by atoms with Crippen molar-refractivity contribution in [2.75, 3.05) is 0 Å². The highest BCUT2D eigenvalue weighted by Gasteiger charge is 2.35. The van der Waals surface area contributed by atoms with Crippen molar-refractivity contribution < 1.29 is 0 Å². The number of nitrogens with zero attached hydrogens (tertiary/aromatic N) is 4. The highest BCUT2D eigenvalue weighted by molar-refractivity contribution is 4.92. The van der Waals surface area contributed by atoms with E-state index >= 15 is 0 Å². The van der Waals surface area contributed by atoms with Crippen molar-refractivity contribution in [3.63, 3.8) is 0 Å². The predicted octanol–water partition coefficient (Wildman–Crippen LogP) is 2.31. The molecule has 1 aromatic rings. The van der Waals surface area contributed by atoms with E-state index < -0.39 is 0 Å². The van der Waals surface area contributed by atoms with Gasteiger partial charge < -0.3 is 5.32 Å². The van der Waals surface area contributed by atoms with Crippen LogP contribution in [0, 0.1) is 5.41 Å². The SMILES string of the molecule is CC(C)NCc1nnnn1C1CCCCC1(C)C. The first-order chi connectivity index (χ1) is 8.50. The zero-order chi connectivity index (χ0) is 13.2. The van der Waals surface area contributed by atoms with Gasteiger partial charge in [-0.15, -0.1) is 5.10 Å². The lowest BCUT2D eigenvalue weighted by atomic mass is 9.73. The quantitative estimate of drug-likeness (QED) is 0.892. The Morgan fingerprint density at radius 2 is 2.17 bits per heavy atom. The van der Waals surface area contributed by atoms with Crippen LogP contribution in [-0.4, -0.2) is 26.2 Å². The molecule has 2 rings (SSSR count). The molecule has 0 saturated heterocycles. The van der Waals surface area contributed by atoms with Gasteiger partial charge in [0.15, 0.2) is 5.82 Å². The molecule has 1 aliphatic carbocycles. The number of hydrogen-bond donors (Lipinski definition) is 1. The Kier molecular flexibility index (Phi) is 4.00. The molecule has 0 amide bonds. The smallest absolute Gasteiger partial charge is 0.165 e. The Balaban J connectivity index is 2.14. The molecule has 5 nitrogen and oxygen atoms in total. The molecule has 18 heavy (non-hydrogen) atoms. The van der Waals surface area contributed by atoms with E-state index in [4.69, 9.17) is 0 Å². The second-order valence-corrected chi connectivity index (χ2v) is 6.33. The molecule has 1 heterocycles. The van der Waals surface area contributed by atoms with E-state index in [1.807, 2.05) is 0 Å². The maximum absolute atomic E-state index is 4.23. The largest absolute Gasteiger partial charge is 0.308 e. The zero-order valence-corrected chi connectivity index (χ0v) is 12.0. The number of tetrazole rings is 1. The predicted molar refractivity (Wildman–Crippen MR) is 71.1 cm³/mol. The van der Waals surface area contributed by atoms with Crippen molar-refractivity contribution in [1.82, 2.24) is 25.5 Å². The Hall–Kier alpha value is -0.970. The molecule has 0 aliphatic heterocycles. The number of hydrogen-bond acceptors (Lipinski definition) is 4. The standard InChI is InChI=1S/C13H25N5/c1-10(2)14-9-12-15-16-17-18(12)11-7-5-6-8-13(11,3)4/h10-11,14H,5-9H2,1-4H3. The first kappa shape index (κ1) is 13.5. The fourth-order valence-corrected chi connectivity index (χ4v) is 2.80. The first-order valence-corrected chi connectivity index (χ1v) is 7.01. The molecular weight excluding hydrogens is 226 g/mol. The summed E-state index contributed by atoms with van der Waals surface area (Å²) in [5.41, 5.74) is 0.292. The maximum Gasteiger partial charge on any atom is 0.165 e. The number of aromatic nitrogens is 4. The molecule has 1 aliphatic rings. The highest BCUT2D eigenvalue weighted by atomic mass is 15.6. The molecule has 0 spiro atoms.